The van der Waals surface area contributed by atoms with Crippen molar-refractivity contribution in [1.82, 2.24) is 21.1 Å². The third-order valence-corrected chi connectivity index (χ3v) is 8.51. The molecular weight excluding hydrogens is 630 g/mol. The van der Waals surface area contributed by atoms with Gasteiger partial charge >= 0.3 is 5.97 Å². The highest BCUT2D eigenvalue weighted by atomic mass is 16.5. The molecule has 0 saturated heterocycles. The number of carbonyl (C=O) groups is 6. The van der Waals surface area contributed by atoms with Crippen molar-refractivity contribution in [2.45, 2.75) is 97.4 Å². The fourth-order valence-corrected chi connectivity index (χ4v) is 6.04. The first-order valence-corrected chi connectivity index (χ1v) is 17.5. The van der Waals surface area contributed by atoms with Crippen molar-refractivity contribution in [2.75, 3.05) is 26.2 Å². The topological polar surface area (TPSA) is 215 Å². The van der Waals surface area contributed by atoms with Crippen LogP contribution in [0.25, 0.3) is 0 Å². The van der Waals surface area contributed by atoms with E-state index in [2.05, 4.69) is 21.1 Å². The minimum Gasteiger partial charge on any atom is -0.465 e. The number of benzene rings is 1. The average Bonchev–Trinajstić information content (AvgIpc) is 3.08. The number of hydrogen-bond donors (Lipinski definition) is 5. The van der Waals surface area contributed by atoms with E-state index >= 15 is 0 Å². The minimum atomic E-state index is -1.18. The molecule has 1 aliphatic rings. The Kier molecular flexibility index (Phi) is 18.4. The van der Waals surface area contributed by atoms with Gasteiger partial charge in [0, 0.05) is 24.9 Å². The summed E-state index contributed by atoms with van der Waals surface area (Å²) in [7, 11) is 0. The van der Waals surface area contributed by atoms with Crippen molar-refractivity contribution < 1.29 is 33.5 Å². The Hall–Kier alpha value is -4.49. The molecule has 1 aromatic rings. The number of hydrazine groups is 1. The maximum absolute atomic E-state index is 14.0. The normalized spacial score (nSPS) is 16.2. The maximum atomic E-state index is 14.0. The number of amides is 4. The van der Waals surface area contributed by atoms with E-state index in [1.54, 1.807) is 6.92 Å². The molecule has 1 aromatic carbocycles. The van der Waals surface area contributed by atoms with E-state index in [9.17, 15) is 28.8 Å². The number of aliphatic imine (C=N–C) groups is 1. The van der Waals surface area contributed by atoms with Crippen LogP contribution in [-0.2, 0) is 39.9 Å². The van der Waals surface area contributed by atoms with E-state index in [1.807, 2.05) is 44.2 Å². The second kappa shape index (κ2) is 22.2. The highest BCUT2D eigenvalue weighted by Gasteiger charge is 2.41. The SMILES string of the molecule is CCCC(CCC)C(=O)NN(CC(=O)OCC)C(=O)[C@@H]1CCCC[C@H]1C(=O)N[C@@H](CCCN=C(N)N)C(=O)C(=O)NCCc1ccccc1. The Bertz CT molecular complexity index is 1260. The van der Waals surface area contributed by atoms with Gasteiger partial charge in [-0.05, 0) is 57.4 Å². The Morgan fingerprint density at radius 1 is 0.939 bits per heavy atom. The minimum absolute atomic E-state index is 0.0834. The maximum Gasteiger partial charge on any atom is 0.327 e. The largest absolute Gasteiger partial charge is 0.465 e. The molecule has 2 rings (SSSR count). The molecular formula is C35H55N7O7. The van der Waals surface area contributed by atoms with E-state index < -0.39 is 53.9 Å². The van der Waals surface area contributed by atoms with Crippen molar-refractivity contribution in [3.05, 3.63) is 35.9 Å². The lowest BCUT2D eigenvalue weighted by Gasteiger charge is -2.34. The Morgan fingerprint density at radius 3 is 2.20 bits per heavy atom. The van der Waals surface area contributed by atoms with Gasteiger partial charge in [-0.1, -0.05) is 69.9 Å². The number of nitrogens with zero attached hydrogens (tertiary/aromatic N) is 2. The summed E-state index contributed by atoms with van der Waals surface area (Å²) in [6.45, 7) is 5.57. The zero-order valence-electron chi connectivity index (χ0n) is 29.2. The van der Waals surface area contributed by atoms with Crippen LogP contribution in [0.2, 0.25) is 0 Å². The molecule has 0 spiro atoms. The third-order valence-electron chi connectivity index (χ3n) is 8.51. The van der Waals surface area contributed by atoms with Crippen LogP contribution in [0, 0.1) is 17.8 Å². The number of ether oxygens (including phenoxy) is 1. The van der Waals surface area contributed by atoms with Crippen LogP contribution in [0.15, 0.2) is 35.3 Å². The molecule has 0 aromatic heterocycles. The van der Waals surface area contributed by atoms with Gasteiger partial charge in [0.1, 0.15) is 6.54 Å². The quantitative estimate of drug-likeness (QED) is 0.0338. The van der Waals surface area contributed by atoms with Gasteiger partial charge in [-0.25, -0.2) is 5.01 Å². The molecule has 49 heavy (non-hydrogen) atoms. The molecule has 1 saturated carbocycles. The summed E-state index contributed by atoms with van der Waals surface area (Å²) in [6.07, 6.45) is 5.67. The van der Waals surface area contributed by atoms with Crippen molar-refractivity contribution in [3.63, 3.8) is 0 Å². The van der Waals surface area contributed by atoms with Crippen LogP contribution in [0.5, 0.6) is 0 Å². The first kappa shape index (κ1) is 40.7. The number of ketones is 1. The molecule has 1 fully saturated rings. The number of nitrogens with two attached hydrogens (primary N) is 2. The molecule has 0 bridgehead atoms. The van der Waals surface area contributed by atoms with Crippen LogP contribution in [0.4, 0.5) is 0 Å². The standard InChI is InChI=1S/C35H55N7O7/c1-4-13-25(14-5-2)31(45)41-42(23-29(43)49-6-3)34(48)27-18-11-10-17-26(27)32(46)40-28(19-12-21-39-35(36)37)30(44)33(47)38-22-20-24-15-8-7-9-16-24/h7-9,15-16,25-28H,4-6,10-14,17-23H2,1-3H3,(H,38,47)(H,40,46)(H,41,45)(H4,36,37,39)/t26-,27-,28+/m1/s1. The lowest BCUT2D eigenvalue weighted by molar-refractivity contribution is -0.158. The molecule has 14 heteroatoms. The van der Waals surface area contributed by atoms with Crippen LogP contribution in [0.3, 0.4) is 0 Å². The van der Waals surface area contributed by atoms with Crippen molar-refractivity contribution in [1.29, 1.82) is 0 Å². The molecule has 4 amide bonds. The van der Waals surface area contributed by atoms with Gasteiger partial charge in [-0.3, -0.25) is 39.2 Å². The van der Waals surface area contributed by atoms with Crippen molar-refractivity contribution in [3.8, 4) is 0 Å². The number of hydrogen-bond acceptors (Lipinski definition) is 8. The van der Waals surface area contributed by atoms with Gasteiger partial charge in [0.15, 0.2) is 5.96 Å². The zero-order valence-corrected chi connectivity index (χ0v) is 29.2. The van der Waals surface area contributed by atoms with Crippen LogP contribution < -0.4 is 27.5 Å². The van der Waals surface area contributed by atoms with E-state index in [-0.39, 0.29) is 43.9 Å². The predicted octanol–water partition coefficient (Wildman–Crippen LogP) is 1.90. The molecule has 0 radical (unpaired) electrons. The van der Waals surface area contributed by atoms with E-state index in [0.29, 0.717) is 51.4 Å². The Balaban J connectivity index is 2.24. The van der Waals surface area contributed by atoms with Gasteiger partial charge < -0.3 is 26.8 Å². The lowest BCUT2D eigenvalue weighted by Crippen LogP contribution is -2.56. The van der Waals surface area contributed by atoms with Gasteiger partial charge in [0.25, 0.3) is 5.91 Å². The zero-order chi connectivity index (χ0) is 36.2. The summed E-state index contributed by atoms with van der Waals surface area (Å²) >= 11 is 0. The van der Waals surface area contributed by atoms with Gasteiger partial charge in [0.2, 0.25) is 23.5 Å². The second-order valence-electron chi connectivity index (χ2n) is 12.3. The van der Waals surface area contributed by atoms with E-state index in [4.69, 9.17) is 16.2 Å². The lowest BCUT2D eigenvalue weighted by atomic mass is 9.77. The molecule has 272 valence electrons. The Morgan fingerprint density at radius 2 is 1.59 bits per heavy atom. The summed E-state index contributed by atoms with van der Waals surface area (Å²) in [4.78, 5) is 83.8. The van der Waals surface area contributed by atoms with Crippen LogP contribution in [-0.4, -0.2) is 78.6 Å². The fourth-order valence-electron chi connectivity index (χ4n) is 6.04. The van der Waals surface area contributed by atoms with E-state index in [0.717, 1.165) is 23.4 Å². The summed E-state index contributed by atoms with van der Waals surface area (Å²) in [5, 5.41) is 6.35. The van der Waals surface area contributed by atoms with Gasteiger partial charge in [-0.15, -0.1) is 0 Å². The first-order valence-electron chi connectivity index (χ1n) is 17.5. The fraction of sp³-hybridized carbons (Fsp3) is 0.629. The number of carbonyl (C=O) groups excluding carboxylic acids is 6. The summed E-state index contributed by atoms with van der Waals surface area (Å²) in [5.41, 5.74) is 14.5. The third kappa shape index (κ3) is 14.3. The summed E-state index contributed by atoms with van der Waals surface area (Å²) in [6, 6.07) is 8.29. The number of rotatable bonds is 20. The molecule has 1 aliphatic carbocycles. The highest BCUT2D eigenvalue weighted by Crippen LogP contribution is 2.32. The molecule has 14 nitrogen and oxygen atoms in total. The monoisotopic (exact) mass is 685 g/mol. The average molecular weight is 686 g/mol. The summed E-state index contributed by atoms with van der Waals surface area (Å²) < 4.78 is 5.07. The Labute approximate surface area is 289 Å². The molecule has 3 atom stereocenters. The number of guanidine groups is 1. The van der Waals surface area contributed by atoms with E-state index in [1.165, 1.54) is 0 Å². The first-order chi connectivity index (χ1) is 23.5. The number of esters is 1. The van der Waals surface area contributed by atoms with Gasteiger partial charge in [0.05, 0.1) is 18.6 Å². The predicted molar refractivity (Wildman–Crippen MR) is 185 cm³/mol. The molecule has 0 unspecified atom stereocenters. The highest BCUT2D eigenvalue weighted by molar-refractivity contribution is 6.38. The summed E-state index contributed by atoms with van der Waals surface area (Å²) in [5.74, 6) is -6.07. The molecule has 7 N–H and O–H groups in total. The van der Waals surface area contributed by atoms with Gasteiger partial charge in [-0.2, -0.15) is 0 Å². The number of nitrogens with one attached hydrogen (secondary N) is 3. The van der Waals surface area contributed by atoms with Crippen LogP contribution >= 0.6 is 0 Å². The van der Waals surface area contributed by atoms with Crippen LogP contribution in [0.1, 0.15) is 90.5 Å². The number of Topliss-reactive ketones (excluding diaryl/α,β-unsaturated/α-hetero) is 1. The molecule has 0 heterocycles. The molecule has 0 aliphatic heterocycles. The van der Waals surface area contributed by atoms with Crippen molar-refractivity contribution >= 4 is 41.3 Å². The van der Waals surface area contributed by atoms with Crippen molar-refractivity contribution in [2.24, 2.45) is 34.2 Å². The smallest absolute Gasteiger partial charge is 0.327 e. The second-order valence-corrected chi connectivity index (χ2v) is 12.3.